The first kappa shape index (κ1) is 24.5. The molecule has 0 bridgehead atoms. The Morgan fingerprint density at radius 1 is 1.16 bits per heavy atom. The fourth-order valence-electron chi connectivity index (χ4n) is 2.56. The maximum Gasteiger partial charge on any atom is 0.416 e. The van der Waals surface area contributed by atoms with Crippen molar-refractivity contribution < 1.29 is 35.9 Å². The van der Waals surface area contributed by atoms with E-state index in [0.717, 1.165) is 12.3 Å². The number of para-hydroxylation sites is 1. The van der Waals surface area contributed by atoms with E-state index in [0.29, 0.717) is 16.4 Å². The molecule has 0 aliphatic heterocycles. The van der Waals surface area contributed by atoms with E-state index in [1.54, 1.807) is 6.92 Å². The summed E-state index contributed by atoms with van der Waals surface area (Å²) < 4.78 is 69.0. The zero-order valence-electron chi connectivity index (χ0n) is 16.4. The van der Waals surface area contributed by atoms with Gasteiger partial charge in [0.1, 0.15) is 6.54 Å². The van der Waals surface area contributed by atoms with Gasteiger partial charge in [0, 0.05) is 0 Å². The average molecular weight is 479 g/mol. The van der Waals surface area contributed by atoms with Crippen molar-refractivity contribution in [1.82, 2.24) is 0 Å². The molecule has 168 valence electrons. The third-order valence-electron chi connectivity index (χ3n) is 3.93. The summed E-state index contributed by atoms with van der Waals surface area (Å²) >= 11 is 5.93. The molecule has 0 spiro atoms. The van der Waals surface area contributed by atoms with Gasteiger partial charge in [-0.05, 0) is 37.3 Å². The molecular formula is C19H18ClF3N2O5S. The van der Waals surface area contributed by atoms with E-state index in [-0.39, 0.29) is 22.9 Å². The van der Waals surface area contributed by atoms with Gasteiger partial charge in [-0.3, -0.25) is 9.10 Å². The first-order chi connectivity index (χ1) is 14.3. The molecule has 0 heterocycles. The van der Waals surface area contributed by atoms with Gasteiger partial charge in [0.15, 0.2) is 0 Å². The molecule has 2 aromatic carbocycles. The van der Waals surface area contributed by atoms with Gasteiger partial charge in [0.2, 0.25) is 15.9 Å². The number of sulfonamides is 1. The summed E-state index contributed by atoms with van der Waals surface area (Å²) in [5.41, 5.74) is -1.56. The number of esters is 1. The van der Waals surface area contributed by atoms with Crippen molar-refractivity contribution in [1.29, 1.82) is 0 Å². The minimum absolute atomic E-state index is 0.0284. The summed E-state index contributed by atoms with van der Waals surface area (Å²) in [6, 6.07) is 7.98. The van der Waals surface area contributed by atoms with Crippen LogP contribution >= 0.6 is 11.6 Å². The molecule has 0 saturated heterocycles. The quantitative estimate of drug-likeness (QED) is 0.608. The molecule has 2 rings (SSSR count). The van der Waals surface area contributed by atoms with Crippen LogP contribution in [-0.2, 0) is 25.7 Å². The van der Waals surface area contributed by atoms with Gasteiger partial charge in [-0.1, -0.05) is 23.7 Å². The van der Waals surface area contributed by atoms with Gasteiger partial charge in [0.05, 0.1) is 40.4 Å². The zero-order valence-corrected chi connectivity index (χ0v) is 17.9. The molecule has 31 heavy (non-hydrogen) atoms. The molecule has 0 fully saturated rings. The summed E-state index contributed by atoms with van der Waals surface area (Å²) in [7, 11) is -4.20. The second kappa shape index (κ2) is 9.56. The van der Waals surface area contributed by atoms with E-state index in [4.69, 9.17) is 16.3 Å². The summed E-state index contributed by atoms with van der Waals surface area (Å²) in [6.07, 6.45) is -4.02. The monoisotopic (exact) mass is 478 g/mol. The lowest BCUT2D eigenvalue weighted by Crippen LogP contribution is -2.38. The standard InChI is InChI=1S/C19H18ClF3N2O5S/c1-3-30-18(27)13-6-4-5-7-15(13)24-17(26)11-25(31(2,28)29)16-10-12(19(21,22)23)8-9-14(16)20/h4-10H,3,11H2,1-2H3,(H,24,26). The fourth-order valence-corrected chi connectivity index (χ4v) is 3.69. The Morgan fingerprint density at radius 2 is 1.81 bits per heavy atom. The summed E-state index contributed by atoms with van der Waals surface area (Å²) in [5, 5.41) is 2.08. The van der Waals surface area contributed by atoms with E-state index < -0.39 is 45.9 Å². The molecule has 0 atom stereocenters. The van der Waals surface area contributed by atoms with Gasteiger partial charge >= 0.3 is 12.1 Å². The highest BCUT2D eigenvalue weighted by Gasteiger charge is 2.33. The molecule has 12 heteroatoms. The number of amides is 1. The van der Waals surface area contributed by atoms with Gasteiger partial charge in [-0.2, -0.15) is 13.2 Å². The molecule has 2 aromatic rings. The van der Waals surface area contributed by atoms with Crippen molar-refractivity contribution in [2.45, 2.75) is 13.1 Å². The van der Waals surface area contributed by atoms with E-state index in [2.05, 4.69) is 5.32 Å². The Labute approximate surface area is 181 Å². The van der Waals surface area contributed by atoms with Gasteiger partial charge in [-0.25, -0.2) is 13.2 Å². The van der Waals surface area contributed by atoms with Gasteiger partial charge < -0.3 is 10.1 Å². The van der Waals surface area contributed by atoms with E-state index in [1.807, 2.05) is 0 Å². The predicted molar refractivity (Wildman–Crippen MR) is 110 cm³/mol. The molecule has 0 radical (unpaired) electrons. The van der Waals surface area contributed by atoms with E-state index in [1.165, 1.54) is 24.3 Å². The third kappa shape index (κ3) is 6.34. The van der Waals surface area contributed by atoms with Crippen LogP contribution in [0.3, 0.4) is 0 Å². The largest absolute Gasteiger partial charge is 0.462 e. The topological polar surface area (TPSA) is 92.8 Å². The van der Waals surface area contributed by atoms with Crippen LogP contribution in [0, 0.1) is 0 Å². The maximum absolute atomic E-state index is 13.1. The number of carbonyl (C=O) groups excluding carboxylic acids is 2. The second-order valence-corrected chi connectivity index (χ2v) is 8.56. The highest BCUT2D eigenvalue weighted by molar-refractivity contribution is 7.92. The van der Waals surface area contributed by atoms with Crippen molar-refractivity contribution in [2.75, 3.05) is 29.0 Å². The number of hydrogen-bond donors (Lipinski definition) is 1. The number of nitrogens with one attached hydrogen (secondary N) is 1. The molecule has 0 aliphatic rings. The minimum Gasteiger partial charge on any atom is -0.462 e. The molecule has 0 aromatic heterocycles. The number of rotatable bonds is 7. The van der Waals surface area contributed by atoms with Crippen LogP contribution in [0.2, 0.25) is 5.02 Å². The highest BCUT2D eigenvalue weighted by atomic mass is 35.5. The van der Waals surface area contributed by atoms with Crippen LogP contribution in [0.25, 0.3) is 0 Å². The molecule has 1 N–H and O–H groups in total. The van der Waals surface area contributed by atoms with Crippen molar-refractivity contribution in [3.63, 3.8) is 0 Å². The molecule has 0 saturated carbocycles. The van der Waals surface area contributed by atoms with Gasteiger partial charge in [-0.15, -0.1) is 0 Å². The lowest BCUT2D eigenvalue weighted by Gasteiger charge is -2.24. The van der Waals surface area contributed by atoms with Crippen LogP contribution in [0.4, 0.5) is 24.5 Å². The fraction of sp³-hybridized carbons (Fsp3) is 0.263. The number of nitrogens with zero attached hydrogens (tertiary/aromatic N) is 1. The van der Waals surface area contributed by atoms with Crippen molar-refractivity contribution in [3.05, 3.63) is 58.6 Å². The normalized spacial score (nSPS) is 11.7. The van der Waals surface area contributed by atoms with E-state index in [9.17, 15) is 31.2 Å². The van der Waals surface area contributed by atoms with Crippen molar-refractivity contribution in [2.24, 2.45) is 0 Å². The van der Waals surface area contributed by atoms with Crippen molar-refractivity contribution >= 4 is 44.9 Å². The summed E-state index contributed by atoms with van der Waals surface area (Å²) in [5.74, 6) is -1.62. The Bertz CT molecular complexity index is 1090. The van der Waals surface area contributed by atoms with E-state index >= 15 is 0 Å². The third-order valence-corrected chi connectivity index (χ3v) is 5.37. The second-order valence-electron chi connectivity index (χ2n) is 6.25. The number of halogens is 4. The van der Waals surface area contributed by atoms with Crippen LogP contribution in [-0.4, -0.2) is 39.7 Å². The Kier molecular flexibility index (Phi) is 7.55. The number of hydrogen-bond acceptors (Lipinski definition) is 5. The minimum atomic E-state index is -4.75. The average Bonchev–Trinajstić information content (AvgIpc) is 2.65. The smallest absolute Gasteiger partial charge is 0.416 e. The number of alkyl halides is 3. The van der Waals surface area contributed by atoms with Crippen LogP contribution in [0.1, 0.15) is 22.8 Å². The molecule has 1 amide bonds. The summed E-state index contributed by atoms with van der Waals surface area (Å²) in [4.78, 5) is 24.6. The highest BCUT2D eigenvalue weighted by Crippen LogP contribution is 2.36. The van der Waals surface area contributed by atoms with Crippen LogP contribution < -0.4 is 9.62 Å². The lowest BCUT2D eigenvalue weighted by molar-refractivity contribution is -0.137. The zero-order chi connectivity index (χ0) is 23.4. The molecular weight excluding hydrogens is 461 g/mol. The number of carbonyl (C=O) groups is 2. The first-order valence-electron chi connectivity index (χ1n) is 8.75. The summed E-state index contributed by atoms with van der Waals surface area (Å²) in [6.45, 7) is 0.815. The maximum atomic E-state index is 13.1. The molecule has 7 nitrogen and oxygen atoms in total. The van der Waals surface area contributed by atoms with Crippen molar-refractivity contribution in [3.8, 4) is 0 Å². The van der Waals surface area contributed by atoms with Gasteiger partial charge in [0.25, 0.3) is 0 Å². The SMILES string of the molecule is CCOC(=O)c1ccccc1NC(=O)CN(c1cc(C(F)(F)F)ccc1Cl)S(C)(=O)=O. The Balaban J connectivity index is 2.37. The molecule has 0 unspecified atom stereocenters. The first-order valence-corrected chi connectivity index (χ1v) is 11.0. The number of anilines is 2. The van der Waals surface area contributed by atoms with Crippen LogP contribution in [0.15, 0.2) is 42.5 Å². The Hall–Kier alpha value is -2.79. The number of benzene rings is 2. The number of ether oxygens (including phenoxy) is 1. The predicted octanol–water partition coefficient (Wildman–Crippen LogP) is 3.94. The van der Waals surface area contributed by atoms with Crippen LogP contribution in [0.5, 0.6) is 0 Å². The Morgan fingerprint density at radius 3 is 2.39 bits per heavy atom. The molecule has 0 aliphatic carbocycles. The lowest BCUT2D eigenvalue weighted by atomic mass is 10.1.